The number of imidazole rings is 1. The Balaban J connectivity index is 1.37. The number of aromatic nitrogens is 5. The van der Waals surface area contributed by atoms with Crippen LogP contribution in [0.1, 0.15) is 38.6 Å². The maximum absolute atomic E-state index is 9.86. The van der Waals surface area contributed by atoms with Crippen molar-refractivity contribution >= 4 is 28.6 Å². The van der Waals surface area contributed by atoms with Crippen molar-refractivity contribution in [2.45, 2.75) is 45.8 Å². The van der Waals surface area contributed by atoms with E-state index in [2.05, 4.69) is 43.6 Å². The van der Waals surface area contributed by atoms with Gasteiger partial charge in [0.25, 0.3) is 0 Å². The third kappa shape index (κ3) is 3.31. The molecule has 2 aliphatic rings. The fraction of sp³-hybridized carbons (Fsp3) is 0.524. The Bertz CT molecular complexity index is 1030. The lowest BCUT2D eigenvalue weighted by Gasteiger charge is -2.18. The average Bonchev–Trinajstić information content (AvgIpc) is 3.31. The number of hydrogen-bond acceptors (Lipinski definition) is 7. The first-order chi connectivity index (χ1) is 14.0. The zero-order valence-electron chi connectivity index (χ0n) is 17.1. The number of fused-ring (bicyclic) bond motifs is 2. The van der Waals surface area contributed by atoms with Crippen molar-refractivity contribution in [3.63, 3.8) is 0 Å². The lowest BCUT2D eigenvalue weighted by molar-refractivity contribution is 0.174. The van der Waals surface area contributed by atoms with Crippen molar-refractivity contribution in [1.82, 2.24) is 24.5 Å². The summed E-state index contributed by atoms with van der Waals surface area (Å²) in [6.07, 6.45) is 5.25. The highest BCUT2D eigenvalue weighted by Crippen LogP contribution is 2.39. The molecular formula is C21H27N7O. The minimum atomic E-state index is -0.134. The van der Waals surface area contributed by atoms with Gasteiger partial charge in [0.05, 0.1) is 17.8 Å². The predicted octanol–water partition coefficient (Wildman–Crippen LogP) is 3.06. The lowest BCUT2D eigenvalue weighted by atomic mass is 10.0. The standard InChI is InChI=1S/C21H27N7O/c1-12(2)28-13(3)24-17-9-23-20(8-18(17)28)25-19-4-5-22-21(26-19)27-10-14-6-16(29)7-15(14)11-27/h4-5,8-9,12,14-16,29H,6-7,10-11H2,1-3H3,(H,22,23,25,26)/t14-,15+,16+. The van der Waals surface area contributed by atoms with Crippen molar-refractivity contribution in [1.29, 1.82) is 0 Å². The fourth-order valence-electron chi connectivity index (χ4n) is 4.97. The summed E-state index contributed by atoms with van der Waals surface area (Å²) in [5, 5.41) is 13.2. The van der Waals surface area contributed by atoms with Gasteiger partial charge >= 0.3 is 0 Å². The van der Waals surface area contributed by atoms with Crippen LogP contribution in [-0.4, -0.2) is 48.8 Å². The molecule has 8 nitrogen and oxygen atoms in total. The Morgan fingerprint density at radius 2 is 1.86 bits per heavy atom. The number of nitrogens with one attached hydrogen (secondary N) is 1. The number of aliphatic hydroxyl groups excluding tert-OH is 1. The molecule has 0 spiro atoms. The normalized spacial score (nSPS) is 23.9. The van der Waals surface area contributed by atoms with Crippen molar-refractivity contribution in [2.24, 2.45) is 11.8 Å². The Labute approximate surface area is 170 Å². The van der Waals surface area contributed by atoms with E-state index in [1.54, 1.807) is 12.4 Å². The zero-order chi connectivity index (χ0) is 20.1. The third-order valence-electron chi connectivity index (χ3n) is 6.18. The van der Waals surface area contributed by atoms with Crippen LogP contribution in [0.5, 0.6) is 0 Å². The summed E-state index contributed by atoms with van der Waals surface area (Å²) in [7, 11) is 0. The molecule has 3 aromatic rings. The van der Waals surface area contributed by atoms with Gasteiger partial charge in [0.2, 0.25) is 5.95 Å². The molecular weight excluding hydrogens is 366 g/mol. The summed E-state index contributed by atoms with van der Waals surface area (Å²) in [5.41, 5.74) is 1.96. The molecule has 29 heavy (non-hydrogen) atoms. The molecule has 1 aliphatic heterocycles. The second-order valence-corrected chi connectivity index (χ2v) is 8.60. The molecule has 0 amide bonds. The molecule has 2 N–H and O–H groups in total. The smallest absolute Gasteiger partial charge is 0.227 e. The van der Waals surface area contributed by atoms with Gasteiger partial charge < -0.3 is 19.9 Å². The van der Waals surface area contributed by atoms with Crippen LogP contribution >= 0.6 is 0 Å². The van der Waals surface area contributed by atoms with Crippen LogP contribution in [0.2, 0.25) is 0 Å². The van der Waals surface area contributed by atoms with Gasteiger partial charge in [-0.1, -0.05) is 0 Å². The number of aliphatic hydroxyl groups is 1. The molecule has 0 bridgehead atoms. The highest BCUT2D eigenvalue weighted by molar-refractivity contribution is 5.79. The first-order valence-corrected chi connectivity index (χ1v) is 10.4. The SMILES string of the molecule is Cc1nc2cnc(Nc3ccnc(N4C[C@H]5C[C@H](O)C[C@H]5C4)n3)cc2n1C(C)C. The Kier molecular flexibility index (Phi) is 4.38. The van der Waals surface area contributed by atoms with Crippen molar-refractivity contribution in [3.8, 4) is 0 Å². The number of nitrogens with zero attached hydrogens (tertiary/aromatic N) is 6. The van der Waals surface area contributed by atoms with Crippen LogP contribution in [0.15, 0.2) is 24.5 Å². The van der Waals surface area contributed by atoms with Gasteiger partial charge in [-0.05, 0) is 51.5 Å². The van der Waals surface area contributed by atoms with Crippen molar-refractivity contribution < 1.29 is 5.11 Å². The highest BCUT2D eigenvalue weighted by Gasteiger charge is 2.41. The van der Waals surface area contributed by atoms with Gasteiger partial charge in [0.15, 0.2) is 0 Å². The summed E-state index contributed by atoms with van der Waals surface area (Å²) in [6, 6.07) is 4.22. The van der Waals surface area contributed by atoms with Crippen LogP contribution in [0, 0.1) is 18.8 Å². The molecule has 3 atom stereocenters. The second-order valence-electron chi connectivity index (χ2n) is 8.60. The van der Waals surface area contributed by atoms with E-state index in [4.69, 9.17) is 4.98 Å². The summed E-state index contributed by atoms with van der Waals surface area (Å²) >= 11 is 0. The van der Waals surface area contributed by atoms with Crippen LogP contribution in [-0.2, 0) is 0 Å². The second kappa shape index (κ2) is 6.95. The van der Waals surface area contributed by atoms with E-state index in [0.29, 0.717) is 17.9 Å². The topological polar surface area (TPSA) is 92.0 Å². The fourth-order valence-corrected chi connectivity index (χ4v) is 4.97. The summed E-state index contributed by atoms with van der Waals surface area (Å²) < 4.78 is 2.21. The molecule has 0 radical (unpaired) electrons. The van der Waals surface area contributed by atoms with Crippen LogP contribution in [0.25, 0.3) is 11.0 Å². The van der Waals surface area contributed by atoms with Crippen molar-refractivity contribution in [3.05, 3.63) is 30.4 Å². The minimum Gasteiger partial charge on any atom is -0.393 e. The largest absolute Gasteiger partial charge is 0.393 e. The van der Waals surface area contributed by atoms with Crippen molar-refractivity contribution in [2.75, 3.05) is 23.3 Å². The Hall–Kier alpha value is -2.74. The zero-order valence-corrected chi connectivity index (χ0v) is 17.1. The number of aryl methyl sites for hydroxylation is 1. The quantitative estimate of drug-likeness (QED) is 0.704. The molecule has 0 aromatic carbocycles. The molecule has 2 fully saturated rings. The van der Waals surface area contributed by atoms with Crippen LogP contribution in [0.4, 0.5) is 17.6 Å². The predicted molar refractivity (Wildman–Crippen MR) is 112 cm³/mol. The highest BCUT2D eigenvalue weighted by atomic mass is 16.3. The van der Waals surface area contributed by atoms with E-state index in [1.807, 2.05) is 19.1 Å². The Morgan fingerprint density at radius 3 is 2.59 bits per heavy atom. The molecule has 1 saturated carbocycles. The van der Waals surface area contributed by atoms with E-state index in [1.165, 1.54) is 0 Å². The van der Waals surface area contributed by atoms with Gasteiger partial charge in [-0.15, -0.1) is 0 Å². The molecule has 4 heterocycles. The monoisotopic (exact) mass is 393 g/mol. The van der Waals surface area contributed by atoms with E-state index in [-0.39, 0.29) is 6.10 Å². The Morgan fingerprint density at radius 1 is 1.10 bits per heavy atom. The molecule has 152 valence electrons. The average molecular weight is 393 g/mol. The van der Waals surface area contributed by atoms with Crippen LogP contribution < -0.4 is 10.2 Å². The third-order valence-corrected chi connectivity index (χ3v) is 6.18. The molecule has 1 saturated heterocycles. The molecule has 0 unspecified atom stereocenters. The number of hydrogen-bond donors (Lipinski definition) is 2. The van der Waals surface area contributed by atoms with Gasteiger partial charge in [0.1, 0.15) is 23.0 Å². The van der Waals surface area contributed by atoms with Crippen LogP contribution in [0.3, 0.4) is 0 Å². The van der Waals surface area contributed by atoms with E-state index in [9.17, 15) is 5.11 Å². The summed E-state index contributed by atoms with van der Waals surface area (Å²) in [5.74, 6) is 4.30. The summed E-state index contributed by atoms with van der Waals surface area (Å²) in [4.78, 5) is 20.5. The van der Waals surface area contributed by atoms with E-state index >= 15 is 0 Å². The minimum absolute atomic E-state index is 0.134. The first-order valence-electron chi connectivity index (χ1n) is 10.4. The number of anilines is 3. The van der Waals surface area contributed by atoms with Gasteiger partial charge in [-0.3, -0.25) is 0 Å². The van der Waals surface area contributed by atoms with E-state index in [0.717, 1.165) is 60.4 Å². The maximum atomic E-state index is 9.86. The maximum Gasteiger partial charge on any atom is 0.227 e. The molecule has 3 aromatic heterocycles. The van der Waals surface area contributed by atoms with Gasteiger partial charge in [-0.25, -0.2) is 15.0 Å². The number of pyridine rings is 1. The molecule has 8 heteroatoms. The number of rotatable bonds is 4. The van der Waals surface area contributed by atoms with Gasteiger partial charge in [-0.2, -0.15) is 4.98 Å². The molecule has 1 aliphatic carbocycles. The summed E-state index contributed by atoms with van der Waals surface area (Å²) in [6.45, 7) is 8.17. The van der Waals surface area contributed by atoms with Gasteiger partial charge in [0, 0.05) is 31.4 Å². The molecule has 5 rings (SSSR count). The van der Waals surface area contributed by atoms with E-state index < -0.39 is 0 Å². The lowest BCUT2D eigenvalue weighted by Crippen LogP contribution is -2.24. The first kappa shape index (κ1) is 18.3.